The number of allylic oxidation sites excluding steroid dienone is 2. The van der Waals surface area contributed by atoms with Crippen LogP contribution in [0.25, 0.3) is 0 Å². The summed E-state index contributed by atoms with van der Waals surface area (Å²) in [5, 5.41) is 6.63. The van der Waals surface area contributed by atoms with Crippen molar-refractivity contribution in [1.29, 1.82) is 0 Å². The first-order valence-electron chi connectivity index (χ1n) is 6.95. The molecule has 0 saturated carbocycles. The molecule has 3 unspecified atom stereocenters. The maximum atomic E-state index is 13.1. The van der Waals surface area contributed by atoms with Crippen LogP contribution in [0.4, 0.5) is 0 Å². The minimum atomic E-state index is -4.95. The monoisotopic (exact) mass is 366 g/mol. The lowest BCUT2D eigenvalue weighted by atomic mass is 9.71. The van der Waals surface area contributed by atoms with Gasteiger partial charge in [0.05, 0.1) is 12.0 Å². The Morgan fingerprint density at radius 1 is 1.17 bits per heavy atom. The molecule has 0 aromatic carbocycles. The van der Waals surface area contributed by atoms with Gasteiger partial charge in [-0.25, -0.2) is 0 Å². The highest BCUT2D eigenvalue weighted by molar-refractivity contribution is 7.59. The molecule has 132 valence electrons. The maximum absolute atomic E-state index is 13.1. The van der Waals surface area contributed by atoms with Gasteiger partial charge >= 0.3 is 15.2 Å². The fourth-order valence-electron chi connectivity index (χ4n) is 3.09. The van der Waals surface area contributed by atoms with E-state index in [-0.39, 0.29) is 19.4 Å². The quantitative estimate of drug-likeness (QED) is 0.447. The van der Waals surface area contributed by atoms with Crippen LogP contribution in [0.2, 0.25) is 0 Å². The highest BCUT2D eigenvalue weighted by Crippen LogP contribution is 2.84. The predicted molar refractivity (Wildman–Crippen MR) is 88.0 cm³/mol. The minimum Gasteiger partial charge on any atom is -0.377 e. The summed E-state index contributed by atoms with van der Waals surface area (Å²) < 4.78 is 35.7. The molecule has 0 aromatic rings. The van der Waals surface area contributed by atoms with E-state index in [1.54, 1.807) is 0 Å². The fourth-order valence-corrected chi connectivity index (χ4v) is 7.23. The second kappa shape index (κ2) is 6.41. The Balaban J connectivity index is 3.72. The first-order chi connectivity index (χ1) is 10.4. The average molecular weight is 366 g/mol. The molecular weight excluding hydrogens is 342 g/mol. The van der Waals surface area contributed by atoms with Crippen molar-refractivity contribution in [3.05, 3.63) is 38.0 Å². The normalized spacial score (nSPS) is 36.6. The summed E-state index contributed by atoms with van der Waals surface area (Å²) in [6.45, 7) is 12.7. The summed E-state index contributed by atoms with van der Waals surface area (Å²) >= 11 is 0. The van der Waals surface area contributed by atoms with Crippen molar-refractivity contribution in [2.45, 2.75) is 37.4 Å². The van der Waals surface area contributed by atoms with Crippen LogP contribution in [-0.4, -0.2) is 32.2 Å². The molecule has 1 fully saturated rings. The van der Waals surface area contributed by atoms with Gasteiger partial charge in [-0.15, -0.1) is 19.7 Å². The van der Waals surface area contributed by atoms with E-state index in [4.69, 9.17) is 9.05 Å². The Bertz CT molecular complexity index is 582. The Labute approximate surface area is 136 Å². The van der Waals surface area contributed by atoms with Crippen molar-refractivity contribution in [1.82, 2.24) is 0 Å². The van der Waals surface area contributed by atoms with Gasteiger partial charge in [0.15, 0.2) is 10.7 Å². The number of hydrogen-bond donors (Lipinski definition) is 3. The summed E-state index contributed by atoms with van der Waals surface area (Å²) in [5.74, 6) is 0. The third-order valence-electron chi connectivity index (χ3n) is 4.53. The summed E-state index contributed by atoms with van der Waals surface area (Å²) in [7, 11) is -9.25. The summed E-state index contributed by atoms with van der Waals surface area (Å²) in [6, 6.07) is 0. The van der Waals surface area contributed by atoms with Crippen LogP contribution >= 0.6 is 15.2 Å². The first kappa shape index (κ1) is 20.5. The largest absolute Gasteiger partial charge is 0.377 e. The molecule has 3 atom stereocenters. The second-order valence-electron chi connectivity index (χ2n) is 5.79. The molecule has 0 aliphatic carbocycles. The lowest BCUT2D eigenvalue weighted by molar-refractivity contribution is -0.0496. The van der Waals surface area contributed by atoms with E-state index in [1.165, 1.54) is 25.2 Å². The van der Waals surface area contributed by atoms with Crippen molar-refractivity contribution < 1.29 is 33.1 Å². The molecule has 0 amide bonds. The van der Waals surface area contributed by atoms with E-state index >= 15 is 0 Å². The zero-order valence-corrected chi connectivity index (χ0v) is 15.1. The van der Waals surface area contributed by atoms with Gasteiger partial charge in [0.1, 0.15) is 0 Å². The zero-order chi connectivity index (χ0) is 18.2. The van der Waals surface area contributed by atoms with E-state index in [0.29, 0.717) is 0 Å². The average Bonchev–Trinajstić information content (AvgIpc) is 2.54. The third-order valence-corrected chi connectivity index (χ3v) is 8.89. The lowest BCUT2D eigenvalue weighted by Crippen LogP contribution is -2.52. The zero-order valence-electron chi connectivity index (χ0n) is 13.3. The van der Waals surface area contributed by atoms with Gasteiger partial charge in [-0.05, 0) is 26.7 Å². The van der Waals surface area contributed by atoms with Crippen molar-refractivity contribution >= 4 is 15.2 Å². The summed E-state index contributed by atoms with van der Waals surface area (Å²) in [4.78, 5) is 19.7. The van der Waals surface area contributed by atoms with Gasteiger partial charge in [0.25, 0.3) is 0 Å². The van der Waals surface area contributed by atoms with Crippen molar-refractivity contribution in [3.63, 3.8) is 0 Å². The standard InChI is InChI=1S/C14H24O7P2/c1-6-9-14(10-7-2)12(4,15)23(19,20-11-8-3)21-13(14,5)22(16,17)18/h6-8,15H,1-3,9-11H2,4-5H3,(H2,16,17,18). The van der Waals surface area contributed by atoms with Crippen LogP contribution in [0.3, 0.4) is 0 Å². The van der Waals surface area contributed by atoms with E-state index in [9.17, 15) is 24.0 Å². The van der Waals surface area contributed by atoms with Crippen LogP contribution in [0.15, 0.2) is 38.0 Å². The minimum absolute atomic E-state index is 0.0604. The molecule has 9 heteroatoms. The van der Waals surface area contributed by atoms with Crippen LogP contribution in [0, 0.1) is 5.41 Å². The molecule has 23 heavy (non-hydrogen) atoms. The molecule has 1 heterocycles. The molecule has 0 aromatic heterocycles. The SMILES string of the molecule is C=CCOP1(=O)OC(C)(P(=O)(O)O)C(CC=C)(CC=C)C1(C)O. The molecule has 1 saturated heterocycles. The van der Waals surface area contributed by atoms with Gasteiger partial charge in [0, 0.05) is 0 Å². The van der Waals surface area contributed by atoms with Crippen LogP contribution in [0.5, 0.6) is 0 Å². The predicted octanol–water partition coefficient (Wildman–Crippen LogP) is 3.15. The van der Waals surface area contributed by atoms with Crippen LogP contribution in [-0.2, 0) is 18.2 Å². The number of rotatable bonds is 8. The summed E-state index contributed by atoms with van der Waals surface area (Å²) in [6.07, 6.45) is 3.95. The first-order valence-corrected chi connectivity index (χ1v) is 10.1. The maximum Gasteiger partial charge on any atom is 0.363 e. The molecule has 1 rings (SSSR count). The number of aliphatic hydroxyl groups is 1. The van der Waals surface area contributed by atoms with Gasteiger partial charge in [-0.2, -0.15) is 0 Å². The molecule has 0 radical (unpaired) electrons. The van der Waals surface area contributed by atoms with Crippen LogP contribution < -0.4 is 0 Å². The highest BCUT2D eigenvalue weighted by atomic mass is 31.2. The molecule has 1 aliphatic heterocycles. The Kier molecular flexibility index (Phi) is 5.72. The van der Waals surface area contributed by atoms with Crippen LogP contribution in [0.1, 0.15) is 26.7 Å². The van der Waals surface area contributed by atoms with E-state index in [0.717, 1.165) is 6.92 Å². The van der Waals surface area contributed by atoms with Gasteiger partial charge < -0.3 is 19.4 Å². The smallest absolute Gasteiger partial charge is 0.363 e. The molecule has 0 spiro atoms. The Morgan fingerprint density at radius 3 is 2.00 bits per heavy atom. The second-order valence-corrected chi connectivity index (χ2v) is 10.0. The van der Waals surface area contributed by atoms with E-state index in [2.05, 4.69) is 19.7 Å². The molecule has 7 nitrogen and oxygen atoms in total. The molecular formula is C14H24O7P2. The molecule has 0 bridgehead atoms. The topological polar surface area (TPSA) is 113 Å². The Morgan fingerprint density at radius 2 is 1.65 bits per heavy atom. The van der Waals surface area contributed by atoms with Gasteiger partial charge in [0.2, 0.25) is 0 Å². The van der Waals surface area contributed by atoms with Crippen molar-refractivity contribution in [3.8, 4) is 0 Å². The van der Waals surface area contributed by atoms with Crippen molar-refractivity contribution in [2.24, 2.45) is 5.41 Å². The number of hydrogen-bond acceptors (Lipinski definition) is 5. The van der Waals surface area contributed by atoms with Gasteiger partial charge in [-0.3, -0.25) is 13.7 Å². The fraction of sp³-hybridized carbons (Fsp3) is 0.571. The Hall–Kier alpha value is -0.520. The van der Waals surface area contributed by atoms with Gasteiger partial charge in [-0.1, -0.05) is 18.2 Å². The lowest BCUT2D eigenvalue weighted by Gasteiger charge is -2.45. The molecule has 3 N–H and O–H groups in total. The van der Waals surface area contributed by atoms with Crippen molar-refractivity contribution in [2.75, 3.05) is 6.61 Å². The molecule has 1 aliphatic rings. The van der Waals surface area contributed by atoms with E-state index < -0.39 is 31.3 Å². The van der Waals surface area contributed by atoms with E-state index in [1.807, 2.05) is 0 Å². The summed E-state index contributed by atoms with van der Waals surface area (Å²) in [5.41, 5.74) is -1.63. The highest BCUT2D eigenvalue weighted by Gasteiger charge is 2.79. The third kappa shape index (κ3) is 2.75.